The Bertz CT molecular complexity index is 538. The first kappa shape index (κ1) is 15.5. The van der Waals surface area contributed by atoms with Crippen LogP contribution in [0.5, 0.6) is 0 Å². The van der Waals surface area contributed by atoms with E-state index in [1.54, 1.807) is 0 Å². The van der Waals surface area contributed by atoms with Crippen LogP contribution < -0.4 is 5.32 Å². The van der Waals surface area contributed by atoms with Crippen LogP contribution in [0.15, 0.2) is 18.2 Å². The van der Waals surface area contributed by atoms with Gasteiger partial charge in [0.2, 0.25) is 5.91 Å². The molecule has 0 saturated carbocycles. The number of nitrogens with zero attached hydrogens (tertiary/aromatic N) is 1. The molecule has 0 aromatic heterocycles. The summed E-state index contributed by atoms with van der Waals surface area (Å²) in [6, 6.07) is 6.84. The number of rotatable bonds is 3. The van der Waals surface area contributed by atoms with Crippen LogP contribution in [0.25, 0.3) is 0 Å². The number of hydrogen-bond acceptors (Lipinski definition) is 3. The van der Waals surface area contributed by atoms with Crippen molar-refractivity contribution in [3.8, 4) is 0 Å². The van der Waals surface area contributed by atoms with Crippen LogP contribution in [0, 0.1) is 13.8 Å². The third kappa shape index (κ3) is 3.18. The fraction of sp³-hybridized carbons (Fsp3) is 0.611. The molecule has 2 unspecified atom stereocenters. The largest absolute Gasteiger partial charge is 0.378 e. The Balaban J connectivity index is 1.72. The zero-order valence-corrected chi connectivity index (χ0v) is 13.6. The van der Waals surface area contributed by atoms with Gasteiger partial charge in [0.05, 0.1) is 19.3 Å². The van der Waals surface area contributed by atoms with E-state index in [0.717, 1.165) is 32.5 Å². The highest BCUT2D eigenvalue weighted by atomic mass is 16.5. The summed E-state index contributed by atoms with van der Waals surface area (Å²) in [6.45, 7) is 7.43. The topological polar surface area (TPSA) is 41.6 Å². The predicted octanol–water partition coefficient (Wildman–Crippen LogP) is 2.35. The van der Waals surface area contributed by atoms with Crippen LogP contribution in [0.4, 0.5) is 0 Å². The Kier molecular flexibility index (Phi) is 4.79. The Hall–Kier alpha value is -1.39. The summed E-state index contributed by atoms with van der Waals surface area (Å²) in [7, 11) is 0. The van der Waals surface area contributed by atoms with E-state index in [-0.39, 0.29) is 18.0 Å². The van der Waals surface area contributed by atoms with Crippen molar-refractivity contribution < 1.29 is 9.53 Å². The summed E-state index contributed by atoms with van der Waals surface area (Å²) < 4.78 is 5.46. The summed E-state index contributed by atoms with van der Waals surface area (Å²) in [5.41, 5.74) is 3.95. The lowest BCUT2D eigenvalue weighted by Crippen LogP contribution is -2.45. The van der Waals surface area contributed by atoms with Crippen molar-refractivity contribution in [1.29, 1.82) is 0 Å². The number of carbonyl (C=O) groups excluding carboxylic acids is 1. The van der Waals surface area contributed by atoms with Gasteiger partial charge in [-0.25, -0.2) is 0 Å². The molecule has 1 aromatic carbocycles. The third-order valence-corrected chi connectivity index (χ3v) is 5.00. The van der Waals surface area contributed by atoms with E-state index in [2.05, 4.69) is 42.3 Å². The van der Waals surface area contributed by atoms with Crippen molar-refractivity contribution in [2.45, 2.75) is 45.2 Å². The minimum absolute atomic E-state index is 0.168. The first-order chi connectivity index (χ1) is 10.7. The second-order valence-electron chi connectivity index (χ2n) is 6.46. The quantitative estimate of drug-likeness (QED) is 0.932. The van der Waals surface area contributed by atoms with Crippen molar-refractivity contribution in [3.63, 3.8) is 0 Å². The number of aryl methyl sites for hydroxylation is 1. The summed E-state index contributed by atoms with van der Waals surface area (Å²) in [5.74, 6) is 0.256. The van der Waals surface area contributed by atoms with Crippen LogP contribution in [-0.2, 0) is 9.53 Å². The number of carbonyl (C=O) groups is 1. The summed E-state index contributed by atoms with van der Waals surface area (Å²) in [6.07, 6.45) is 2.71. The van der Waals surface area contributed by atoms with Gasteiger partial charge in [-0.3, -0.25) is 4.79 Å². The van der Waals surface area contributed by atoms with Gasteiger partial charge in [0.1, 0.15) is 0 Å². The normalized spacial score (nSPS) is 25.5. The molecule has 0 aliphatic carbocycles. The number of hydrogen-bond donors (Lipinski definition) is 1. The first-order valence-electron chi connectivity index (χ1n) is 8.33. The average Bonchev–Trinajstić information content (AvgIpc) is 3.00. The van der Waals surface area contributed by atoms with Crippen molar-refractivity contribution in [2.24, 2.45) is 0 Å². The van der Waals surface area contributed by atoms with Gasteiger partial charge in [-0.15, -0.1) is 0 Å². The minimum Gasteiger partial charge on any atom is -0.378 e. The van der Waals surface area contributed by atoms with E-state index in [4.69, 9.17) is 4.74 Å². The van der Waals surface area contributed by atoms with E-state index in [1.807, 2.05) is 0 Å². The Morgan fingerprint density at radius 1 is 1.41 bits per heavy atom. The van der Waals surface area contributed by atoms with Crippen LogP contribution in [0.3, 0.4) is 0 Å². The van der Waals surface area contributed by atoms with E-state index < -0.39 is 0 Å². The number of amides is 1. The van der Waals surface area contributed by atoms with Gasteiger partial charge in [-0.05, 0) is 43.4 Å². The lowest BCUT2D eigenvalue weighted by Gasteiger charge is -2.30. The molecule has 0 spiro atoms. The highest BCUT2D eigenvalue weighted by molar-refractivity contribution is 5.77. The molecular weight excluding hydrogens is 276 g/mol. The number of ether oxygens (including phenoxy) is 1. The standard InChI is InChI=1S/C18H26N2O2/c1-13-5-3-6-16(14(13)2)17-7-4-9-20(17)18(21)11-15-12-22-10-8-19-15/h3,5-6,15,17,19H,4,7-12H2,1-2H3. The third-order valence-electron chi connectivity index (χ3n) is 5.00. The molecule has 1 N–H and O–H groups in total. The molecule has 22 heavy (non-hydrogen) atoms. The van der Waals surface area contributed by atoms with Crippen molar-refractivity contribution in [1.82, 2.24) is 10.2 Å². The predicted molar refractivity (Wildman–Crippen MR) is 86.8 cm³/mol. The van der Waals surface area contributed by atoms with Gasteiger partial charge in [0.25, 0.3) is 0 Å². The Morgan fingerprint density at radius 2 is 2.27 bits per heavy atom. The highest BCUT2D eigenvalue weighted by Gasteiger charge is 2.32. The molecule has 120 valence electrons. The molecule has 4 heteroatoms. The summed E-state index contributed by atoms with van der Waals surface area (Å²) in [5, 5.41) is 3.38. The van der Waals surface area contributed by atoms with Gasteiger partial charge in [-0.2, -0.15) is 0 Å². The molecule has 2 saturated heterocycles. The fourth-order valence-electron chi connectivity index (χ4n) is 3.60. The van der Waals surface area contributed by atoms with Crippen LogP contribution in [0.1, 0.15) is 42.0 Å². The monoisotopic (exact) mass is 302 g/mol. The zero-order chi connectivity index (χ0) is 15.5. The zero-order valence-electron chi connectivity index (χ0n) is 13.6. The molecule has 1 aromatic rings. The maximum atomic E-state index is 12.7. The SMILES string of the molecule is Cc1cccc(C2CCCN2C(=O)CC2COCCN2)c1C. The maximum Gasteiger partial charge on any atom is 0.224 e. The summed E-state index contributed by atoms with van der Waals surface area (Å²) >= 11 is 0. The van der Waals surface area contributed by atoms with E-state index >= 15 is 0 Å². The van der Waals surface area contributed by atoms with Crippen LogP contribution in [-0.4, -0.2) is 43.2 Å². The van der Waals surface area contributed by atoms with Crippen molar-refractivity contribution in [3.05, 3.63) is 34.9 Å². The van der Waals surface area contributed by atoms with Gasteiger partial charge in [-0.1, -0.05) is 18.2 Å². The lowest BCUT2D eigenvalue weighted by atomic mass is 9.95. The van der Waals surface area contributed by atoms with E-state index in [0.29, 0.717) is 13.0 Å². The van der Waals surface area contributed by atoms with Gasteiger partial charge < -0.3 is 15.0 Å². The van der Waals surface area contributed by atoms with Gasteiger partial charge in [0.15, 0.2) is 0 Å². The second kappa shape index (κ2) is 6.80. The smallest absolute Gasteiger partial charge is 0.224 e. The lowest BCUT2D eigenvalue weighted by molar-refractivity contribution is -0.133. The van der Waals surface area contributed by atoms with Gasteiger partial charge in [0, 0.05) is 25.6 Å². The molecular formula is C18H26N2O2. The minimum atomic E-state index is 0.168. The van der Waals surface area contributed by atoms with Crippen LogP contribution >= 0.6 is 0 Å². The Morgan fingerprint density at radius 3 is 3.05 bits per heavy atom. The molecule has 2 aliphatic rings. The molecule has 0 bridgehead atoms. The number of benzene rings is 1. The molecule has 2 heterocycles. The average molecular weight is 302 g/mol. The van der Waals surface area contributed by atoms with Crippen LogP contribution in [0.2, 0.25) is 0 Å². The van der Waals surface area contributed by atoms with E-state index in [9.17, 15) is 4.79 Å². The highest BCUT2D eigenvalue weighted by Crippen LogP contribution is 2.35. The molecule has 0 radical (unpaired) electrons. The molecule has 3 rings (SSSR count). The molecule has 1 amide bonds. The Labute approximate surface area is 132 Å². The second-order valence-corrected chi connectivity index (χ2v) is 6.46. The number of morpholine rings is 1. The maximum absolute atomic E-state index is 12.7. The molecule has 2 aliphatic heterocycles. The van der Waals surface area contributed by atoms with Crippen molar-refractivity contribution >= 4 is 5.91 Å². The van der Waals surface area contributed by atoms with Crippen molar-refractivity contribution in [2.75, 3.05) is 26.3 Å². The molecule has 2 atom stereocenters. The summed E-state index contributed by atoms with van der Waals surface area (Å²) in [4.78, 5) is 14.8. The number of nitrogens with one attached hydrogen (secondary N) is 1. The fourth-order valence-corrected chi connectivity index (χ4v) is 3.60. The van der Waals surface area contributed by atoms with E-state index in [1.165, 1.54) is 16.7 Å². The first-order valence-corrected chi connectivity index (χ1v) is 8.33. The molecule has 2 fully saturated rings. The van der Waals surface area contributed by atoms with Gasteiger partial charge >= 0.3 is 0 Å². The number of likely N-dealkylation sites (tertiary alicyclic amines) is 1. The molecule has 4 nitrogen and oxygen atoms in total.